The number of nitrogens with two attached hydrogens (primary N) is 1. The molecule has 7 heteroatoms. The lowest BCUT2D eigenvalue weighted by molar-refractivity contribution is -0.128. The van der Waals surface area contributed by atoms with Gasteiger partial charge in [0.05, 0.1) is 31.8 Å². The van der Waals surface area contributed by atoms with Gasteiger partial charge in [-0.05, 0) is 41.2 Å². The van der Waals surface area contributed by atoms with Crippen molar-refractivity contribution in [2.45, 2.75) is 45.3 Å². The number of nitrogens with one attached hydrogen (secondary N) is 1. The quantitative estimate of drug-likeness (QED) is 0.725. The summed E-state index contributed by atoms with van der Waals surface area (Å²) in [5.41, 5.74) is 8.87. The summed E-state index contributed by atoms with van der Waals surface area (Å²) in [7, 11) is 0. The van der Waals surface area contributed by atoms with Crippen LogP contribution in [-0.2, 0) is 22.6 Å². The van der Waals surface area contributed by atoms with Crippen molar-refractivity contribution in [3.8, 4) is 11.5 Å². The van der Waals surface area contributed by atoms with Gasteiger partial charge in [-0.15, -0.1) is 0 Å². The number of carbonyl (C=O) groups excluding carboxylic acids is 2. The van der Waals surface area contributed by atoms with Gasteiger partial charge in [0.2, 0.25) is 11.8 Å². The Morgan fingerprint density at radius 1 is 1.09 bits per heavy atom. The van der Waals surface area contributed by atoms with Gasteiger partial charge in [0, 0.05) is 13.0 Å². The minimum absolute atomic E-state index is 0.107. The summed E-state index contributed by atoms with van der Waals surface area (Å²) in [4.78, 5) is 27.0. The summed E-state index contributed by atoms with van der Waals surface area (Å²) in [6.07, 6.45) is 1.36. The molecule has 2 aliphatic rings. The van der Waals surface area contributed by atoms with Crippen molar-refractivity contribution in [2.75, 3.05) is 19.8 Å². The first-order valence-corrected chi connectivity index (χ1v) is 11.2. The Morgan fingerprint density at radius 2 is 1.81 bits per heavy atom. The van der Waals surface area contributed by atoms with Gasteiger partial charge in [-0.25, -0.2) is 0 Å². The molecule has 0 saturated carbocycles. The van der Waals surface area contributed by atoms with E-state index in [0.29, 0.717) is 31.9 Å². The number of amides is 2. The largest absolute Gasteiger partial charge is 0.490 e. The number of benzene rings is 2. The molecule has 0 fully saturated rings. The SMILES string of the molecule is CC(C)C(NC(=O)CN1Cc2ccccc2C[C@@H]1C(N)=O)c1ccc2c(c1)OCCCO2. The van der Waals surface area contributed by atoms with Crippen molar-refractivity contribution in [3.05, 3.63) is 59.2 Å². The number of ether oxygens (including phenoxy) is 2. The smallest absolute Gasteiger partial charge is 0.235 e. The average Bonchev–Trinajstić information content (AvgIpc) is 3.01. The molecule has 2 amide bonds. The zero-order valence-electron chi connectivity index (χ0n) is 18.7. The first kappa shape index (κ1) is 22.1. The number of primary amides is 1. The summed E-state index contributed by atoms with van der Waals surface area (Å²) in [5.74, 6) is 1.06. The first-order chi connectivity index (χ1) is 15.4. The van der Waals surface area contributed by atoms with Crippen LogP contribution in [0.4, 0.5) is 0 Å². The van der Waals surface area contributed by atoms with Crippen LogP contribution in [0.25, 0.3) is 0 Å². The highest BCUT2D eigenvalue weighted by Crippen LogP contribution is 2.34. The lowest BCUT2D eigenvalue weighted by atomic mass is 9.93. The molecule has 32 heavy (non-hydrogen) atoms. The van der Waals surface area contributed by atoms with Gasteiger partial charge in [0.1, 0.15) is 0 Å². The lowest BCUT2D eigenvalue weighted by Gasteiger charge is -2.35. The Bertz CT molecular complexity index is 991. The third-order valence-corrected chi connectivity index (χ3v) is 6.13. The fourth-order valence-electron chi connectivity index (χ4n) is 4.44. The molecule has 1 unspecified atom stereocenters. The highest BCUT2D eigenvalue weighted by molar-refractivity contribution is 5.83. The van der Waals surface area contributed by atoms with E-state index >= 15 is 0 Å². The van der Waals surface area contributed by atoms with Crippen LogP contribution in [0.2, 0.25) is 0 Å². The molecule has 170 valence electrons. The molecule has 7 nitrogen and oxygen atoms in total. The predicted molar refractivity (Wildman–Crippen MR) is 121 cm³/mol. The molecule has 3 N–H and O–H groups in total. The van der Waals surface area contributed by atoms with Crippen molar-refractivity contribution in [3.63, 3.8) is 0 Å². The molecular formula is C25H31N3O4. The summed E-state index contributed by atoms with van der Waals surface area (Å²) < 4.78 is 11.5. The van der Waals surface area contributed by atoms with Crippen LogP contribution < -0.4 is 20.5 Å². The molecule has 4 rings (SSSR count). The number of nitrogens with zero attached hydrogens (tertiary/aromatic N) is 1. The topological polar surface area (TPSA) is 93.9 Å². The normalized spacial score (nSPS) is 19.0. The van der Waals surface area contributed by atoms with E-state index in [2.05, 4.69) is 19.2 Å². The minimum Gasteiger partial charge on any atom is -0.490 e. The van der Waals surface area contributed by atoms with Crippen molar-refractivity contribution in [2.24, 2.45) is 11.7 Å². The van der Waals surface area contributed by atoms with Crippen molar-refractivity contribution in [1.29, 1.82) is 0 Å². The molecule has 2 atom stereocenters. The molecule has 2 aromatic rings. The van der Waals surface area contributed by atoms with Gasteiger partial charge < -0.3 is 20.5 Å². The molecule has 0 radical (unpaired) electrons. The first-order valence-electron chi connectivity index (χ1n) is 11.2. The van der Waals surface area contributed by atoms with E-state index in [1.165, 1.54) is 0 Å². The Labute approximate surface area is 188 Å². The van der Waals surface area contributed by atoms with Gasteiger partial charge in [0.25, 0.3) is 0 Å². The number of hydrogen-bond donors (Lipinski definition) is 2. The summed E-state index contributed by atoms with van der Waals surface area (Å²) >= 11 is 0. The number of rotatable bonds is 6. The second-order valence-corrected chi connectivity index (χ2v) is 8.84. The summed E-state index contributed by atoms with van der Waals surface area (Å²) in [6.45, 7) is 6.01. The maximum Gasteiger partial charge on any atom is 0.235 e. The zero-order chi connectivity index (χ0) is 22.7. The maximum absolute atomic E-state index is 13.1. The molecule has 0 saturated heterocycles. The van der Waals surface area contributed by atoms with Crippen LogP contribution in [-0.4, -0.2) is 42.5 Å². The number of fused-ring (bicyclic) bond motifs is 2. The Hall–Kier alpha value is -3.06. The minimum atomic E-state index is -0.494. The fraction of sp³-hybridized carbons (Fsp3) is 0.440. The van der Waals surface area contributed by atoms with E-state index < -0.39 is 11.9 Å². The average molecular weight is 438 g/mol. The highest BCUT2D eigenvalue weighted by Gasteiger charge is 2.32. The van der Waals surface area contributed by atoms with Crippen LogP contribution in [0, 0.1) is 5.92 Å². The standard InChI is InChI=1S/C25H31N3O4/c1-16(2)24(18-8-9-21-22(13-18)32-11-5-10-31-21)27-23(29)15-28-14-19-7-4-3-6-17(19)12-20(28)25(26)30/h3-4,6-9,13,16,20,24H,5,10-12,14-15H2,1-2H3,(H2,26,30)(H,27,29)/t20-,24?/m1/s1. The molecule has 0 bridgehead atoms. The van der Waals surface area contributed by atoms with Crippen LogP contribution in [0.3, 0.4) is 0 Å². The summed E-state index contributed by atoms with van der Waals surface area (Å²) in [5, 5.41) is 3.16. The third-order valence-electron chi connectivity index (χ3n) is 6.13. The van der Waals surface area contributed by atoms with Crippen molar-refractivity contribution in [1.82, 2.24) is 10.2 Å². The fourth-order valence-corrected chi connectivity index (χ4v) is 4.44. The van der Waals surface area contributed by atoms with Gasteiger partial charge in [-0.1, -0.05) is 44.2 Å². The van der Waals surface area contributed by atoms with Crippen LogP contribution in [0.15, 0.2) is 42.5 Å². The highest BCUT2D eigenvalue weighted by atomic mass is 16.5. The van der Waals surface area contributed by atoms with Crippen LogP contribution >= 0.6 is 0 Å². The monoisotopic (exact) mass is 437 g/mol. The van der Waals surface area contributed by atoms with Gasteiger partial charge in [-0.3, -0.25) is 14.5 Å². The molecule has 0 aromatic heterocycles. The van der Waals surface area contributed by atoms with E-state index in [1.807, 2.05) is 47.4 Å². The zero-order valence-corrected chi connectivity index (χ0v) is 18.7. The predicted octanol–water partition coefficient (Wildman–Crippen LogP) is 2.57. The second-order valence-electron chi connectivity index (χ2n) is 8.84. The number of hydrogen-bond acceptors (Lipinski definition) is 5. The van der Waals surface area contributed by atoms with E-state index in [9.17, 15) is 9.59 Å². The van der Waals surface area contributed by atoms with Gasteiger partial charge in [-0.2, -0.15) is 0 Å². The molecule has 2 aliphatic heterocycles. The van der Waals surface area contributed by atoms with E-state index in [1.54, 1.807) is 0 Å². The summed E-state index contributed by atoms with van der Waals surface area (Å²) in [6, 6.07) is 13.1. The molecular weight excluding hydrogens is 406 g/mol. The van der Waals surface area contributed by atoms with Gasteiger partial charge >= 0.3 is 0 Å². The van der Waals surface area contributed by atoms with Gasteiger partial charge in [0.15, 0.2) is 11.5 Å². The molecule has 2 heterocycles. The van der Waals surface area contributed by atoms with Crippen molar-refractivity contribution < 1.29 is 19.1 Å². The molecule has 0 aliphatic carbocycles. The van der Waals surface area contributed by atoms with E-state index in [-0.39, 0.29) is 24.4 Å². The second kappa shape index (κ2) is 9.61. The molecule has 2 aromatic carbocycles. The maximum atomic E-state index is 13.1. The van der Waals surface area contributed by atoms with Crippen molar-refractivity contribution >= 4 is 11.8 Å². The number of carbonyl (C=O) groups is 2. The Kier molecular flexibility index (Phi) is 6.65. The Morgan fingerprint density at radius 3 is 2.53 bits per heavy atom. The van der Waals surface area contributed by atoms with E-state index in [0.717, 1.165) is 28.9 Å². The Balaban J connectivity index is 1.49. The lowest BCUT2D eigenvalue weighted by Crippen LogP contribution is -2.52. The van der Waals surface area contributed by atoms with E-state index in [4.69, 9.17) is 15.2 Å². The van der Waals surface area contributed by atoms with Crippen LogP contribution in [0.1, 0.15) is 43.0 Å². The third kappa shape index (κ3) is 4.88. The molecule has 0 spiro atoms. The van der Waals surface area contributed by atoms with Crippen LogP contribution in [0.5, 0.6) is 11.5 Å².